The predicted molar refractivity (Wildman–Crippen MR) is 119 cm³/mol. The summed E-state index contributed by atoms with van der Waals surface area (Å²) in [5.41, 5.74) is 3.89. The molecule has 1 fully saturated rings. The van der Waals surface area contributed by atoms with E-state index in [1.165, 1.54) is 0 Å². The molecule has 6 nitrogen and oxygen atoms in total. The van der Waals surface area contributed by atoms with Crippen LogP contribution >= 0.6 is 11.6 Å². The van der Waals surface area contributed by atoms with Crippen LogP contribution in [0.5, 0.6) is 5.75 Å². The molecule has 0 unspecified atom stereocenters. The van der Waals surface area contributed by atoms with Crippen molar-refractivity contribution in [3.8, 4) is 5.75 Å². The molecule has 160 valence electrons. The number of carbonyl (C=O) groups excluding carboxylic acids is 2. The van der Waals surface area contributed by atoms with E-state index in [0.717, 1.165) is 28.9 Å². The number of carbonyl (C=O) groups is 2. The molecule has 0 radical (unpaired) electrons. The molecule has 0 aliphatic carbocycles. The smallest absolute Gasteiger partial charge is 0.258 e. The third kappa shape index (κ3) is 5.66. The van der Waals surface area contributed by atoms with Crippen molar-refractivity contribution in [2.24, 2.45) is 0 Å². The number of anilines is 1. The number of hydrogen-bond donors (Lipinski definition) is 2. The van der Waals surface area contributed by atoms with Gasteiger partial charge in [0, 0.05) is 30.3 Å². The molecule has 1 aliphatic rings. The molecule has 3 rings (SSSR count). The number of halogens is 1. The Morgan fingerprint density at radius 3 is 2.67 bits per heavy atom. The Labute approximate surface area is 182 Å². The molecule has 0 spiro atoms. The molecular weight excluding hydrogens is 402 g/mol. The zero-order chi connectivity index (χ0) is 21.7. The highest BCUT2D eigenvalue weighted by molar-refractivity contribution is 6.31. The largest absolute Gasteiger partial charge is 0.483 e. The van der Waals surface area contributed by atoms with Crippen LogP contribution in [0.4, 0.5) is 5.69 Å². The van der Waals surface area contributed by atoms with Crippen LogP contribution in [0.1, 0.15) is 36.5 Å². The lowest BCUT2D eigenvalue weighted by Crippen LogP contribution is -2.47. The standard InChI is InChI=1S/C23H28ClN3O3/c1-15(2)19-11-20(24)16(3)10-21(19)30-14-23(29)26-12-17-4-6-18(7-5-17)27-9-8-25-22(28)13-27/h4-7,10-11,15H,8-9,12-14H2,1-3H3,(H,25,28)(H,26,29). The molecule has 1 heterocycles. The second-order valence-corrected chi connectivity index (χ2v) is 8.20. The number of piperazine rings is 1. The van der Waals surface area contributed by atoms with Crippen LogP contribution in [0.25, 0.3) is 0 Å². The third-order valence-electron chi connectivity index (χ3n) is 5.10. The van der Waals surface area contributed by atoms with E-state index in [1.54, 1.807) is 0 Å². The first-order chi connectivity index (χ1) is 14.3. The minimum absolute atomic E-state index is 0.0362. The van der Waals surface area contributed by atoms with Gasteiger partial charge in [0.2, 0.25) is 5.91 Å². The van der Waals surface area contributed by atoms with Crippen molar-refractivity contribution < 1.29 is 14.3 Å². The quantitative estimate of drug-likeness (QED) is 0.707. The van der Waals surface area contributed by atoms with Crippen molar-refractivity contribution >= 4 is 29.1 Å². The molecular formula is C23H28ClN3O3. The Bertz CT molecular complexity index is 913. The normalized spacial score (nSPS) is 13.9. The van der Waals surface area contributed by atoms with E-state index >= 15 is 0 Å². The molecule has 0 bridgehead atoms. The maximum atomic E-state index is 12.3. The molecule has 0 aromatic heterocycles. The van der Waals surface area contributed by atoms with Gasteiger partial charge in [0.25, 0.3) is 5.91 Å². The van der Waals surface area contributed by atoms with Gasteiger partial charge in [-0.05, 0) is 53.8 Å². The van der Waals surface area contributed by atoms with E-state index in [0.29, 0.717) is 30.4 Å². The highest BCUT2D eigenvalue weighted by Gasteiger charge is 2.16. The Balaban J connectivity index is 1.51. The molecule has 2 aromatic carbocycles. The van der Waals surface area contributed by atoms with Gasteiger partial charge in [-0.1, -0.05) is 37.6 Å². The fraction of sp³-hybridized carbons (Fsp3) is 0.391. The molecule has 30 heavy (non-hydrogen) atoms. The second kappa shape index (κ2) is 9.85. The van der Waals surface area contributed by atoms with Crippen LogP contribution in [-0.4, -0.2) is 38.1 Å². The van der Waals surface area contributed by atoms with Gasteiger partial charge in [0.05, 0.1) is 6.54 Å². The van der Waals surface area contributed by atoms with Gasteiger partial charge in [-0.25, -0.2) is 0 Å². The summed E-state index contributed by atoms with van der Waals surface area (Å²) in [5.74, 6) is 0.783. The zero-order valence-corrected chi connectivity index (χ0v) is 18.4. The lowest BCUT2D eigenvalue weighted by Gasteiger charge is -2.28. The fourth-order valence-electron chi connectivity index (χ4n) is 3.33. The van der Waals surface area contributed by atoms with Crippen LogP contribution in [0.15, 0.2) is 36.4 Å². The number of ether oxygens (including phenoxy) is 1. The minimum atomic E-state index is -0.186. The summed E-state index contributed by atoms with van der Waals surface area (Å²) in [6.45, 7) is 8.22. The predicted octanol–water partition coefficient (Wildman–Crippen LogP) is 3.40. The van der Waals surface area contributed by atoms with E-state index in [1.807, 2.05) is 48.2 Å². The van der Waals surface area contributed by atoms with Crippen LogP contribution < -0.4 is 20.3 Å². The molecule has 2 N–H and O–H groups in total. The van der Waals surface area contributed by atoms with E-state index in [-0.39, 0.29) is 24.3 Å². The van der Waals surface area contributed by atoms with E-state index in [9.17, 15) is 9.59 Å². The molecule has 1 saturated heterocycles. The maximum absolute atomic E-state index is 12.3. The highest BCUT2D eigenvalue weighted by Crippen LogP contribution is 2.32. The summed E-state index contributed by atoms with van der Waals surface area (Å²) in [5, 5.41) is 6.40. The van der Waals surface area contributed by atoms with E-state index in [4.69, 9.17) is 16.3 Å². The van der Waals surface area contributed by atoms with Gasteiger partial charge in [-0.2, -0.15) is 0 Å². The lowest BCUT2D eigenvalue weighted by atomic mass is 10.0. The number of amides is 2. The van der Waals surface area contributed by atoms with Crippen molar-refractivity contribution in [1.82, 2.24) is 10.6 Å². The zero-order valence-electron chi connectivity index (χ0n) is 17.6. The average molecular weight is 430 g/mol. The molecule has 7 heteroatoms. The van der Waals surface area contributed by atoms with Crippen molar-refractivity contribution in [2.75, 3.05) is 31.1 Å². The molecule has 0 saturated carbocycles. The lowest BCUT2D eigenvalue weighted by molar-refractivity contribution is -0.123. The van der Waals surface area contributed by atoms with Gasteiger partial charge >= 0.3 is 0 Å². The van der Waals surface area contributed by atoms with Gasteiger partial charge < -0.3 is 20.3 Å². The van der Waals surface area contributed by atoms with Gasteiger partial charge in [0.15, 0.2) is 6.61 Å². The fourth-order valence-corrected chi connectivity index (χ4v) is 3.50. The van der Waals surface area contributed by atoms with Crippen molar-refractivity contribution in [3.63, 3.8) is 0 Å². The third-order valence-corrected chi connectivity index (χ3v) is 5.51. The summed E-state index contributed by atoms with van der Waals surface area (Å²) in [7, 11) is 0. The number of aryl methyl sites for hydroxylation is 1. The van der Waals surface area contributed by atoms with E-state index < -0.39 is 0 Å². The van der Waals surface area contributed by atoms with Crippen molar-refractivity contribution in [3.05, 3.63) is 58.1 Å². The Hall–Kier alpha value is -2.73. The Kier molecular flexibility index (Phi) is 7.21. The molecule has 1 aliphatic heterocycles. The van der Waals surface area contributed by atoms with Crippen LogP contribution in [-0.2, 0) is 16.1 Å². The van der Waals surface area contributed by atoms with Crippen LogP contribution in [0.3, 0.4) is 0 Å². The minimum Gasteiger partial charge on any atom is -0.483 e. The Morgan fingerprint density at radius 2 is 2.00 bits per heavy atom. The van der Waals surface area contributed by atoms with Gasteiger partial charge in [0.1, 0.15) is 5.75 Å². The van der Waals surface area contributed by atoms with Gasteiger partial charge in [-0.15, -0.1) is 0 Å². The molecule has 0 atom stereocenters. The Morgan fingerprint density at radius 1 is 1.27 bits per heavy atom. The van der Waals surface area contributed by atoms with Gasteiger partial charge in [-0.3, -0.25) is 9.59 Å². The number of rotatable bonds is 7. The highest BCUT2D eigenvalue weighted by atomic mass is 35.5. The molecule has 2 aromatic rings. The topological polar surface area (TPSA) is 70.7 Å². The number of nitrogens with one attached hydrogen (secondary N) is 2. The average Bonchev–Trinajstić information content (AvgIpc) is 2.73. The monoisotopic (exact) mass is 429 g/mol. The summed E-state index contributed by atoms with van der Waals surface area (Å²) in [6, 6.07) is 11.7. The first-order valence-electron chi connectivity index (χ1n) is 10.1. The SMILES string of the molecule is Cc1cc(OCC(=O)NCc2ccc(N3CCNC(=O)C3)cc2)c(C(C)C)cc1Cl. The summed E-state index contributed by atoms with van der Waals surface area (Å²) >= 11 is 6.22. The number of hydrogen-bond acceptors (Lipinski definition) is 4. The van der Waals surface area contributed by atoms with Crippen molar-refractivity contribution in [1.29, 1.82) is 0 Å². The molecule has 2 amide bonds. The second-order valence-electron chi connectivity index (χ2n) is 7.80. The van der Waals surface area contributed by atoms with Crippen LogP contribution in [0, 0.1) is 6.92 Å². The summed E-state index contributed by atoms with van der Waals surface area (Å²) in [6.07, 6.45) is 0. The summed E-state index contributed by atoms with van der Waals surface area (Å²) in [4.78, 5) is 25.8. The van der Waals surface area contributed by atoms with Crippen LogP contribution in [0.2, 0.25) is 5.02 Å². The number of benzene rings is 2. The maximum Gasteiger partial charge on any atom is 0.258 e. The first kappa shape index (κ1) is 22.0. The van der Waals surface area contributed by atoms with Crippen molar-refractivity contribution in [2.45, 2.75) is 33.2 Å². The van der Waals surface area contributed by atoms with E-state index in [2.05, 4.69) is 24.5 Å². The summed E-state index contributed by atoms with van der Waals surface area (Å²) < 4.78 is 5.78. The number of nitrogens with zero attached hydrogens (tertiary/aromatic N) is 1. The first-order valence-corrected chi connectivity index (χ1v) is 10.5.